The molecule has 34 valence electrons. The monoisotopic (exact) mass is 84.1 g/mol. The van der Waals surface area contributed by atoms with E-state index >= 15 is 0 Å². The molecular weight excluding hydrogens is 76.1 g/mol. The summed E-state index contributed by atoms with van der Waals surface area (Å²) < 4.78 is 0. The van der Waals surface area contributed by atoms with E-state index in [1.54, 1.807) is 20.1 Å². The standard InChI is InChI=1S/C4H8N2/c1-3-6-4(2)5/h3,5H,1-2H3. The van der Waals surface area contributed by atoms with E-state index in [9.17, 15) is 0 Å². The fraction of sp³-hybridized carbons (Fsp3) is 0.500. The van der Waals surface area contributed by atoms with Crippen molar-refractivity contribution >= 4 is 12.1 Å². The van der Waals surface area contributed by atoms with Crippen molar-refractivity contribution in [2.75, 3.05) is 0 Å². The van der Waals surface area contributed by atoms with Gasteiger partial charge in [0.1, 0.15) is 5.84 Å². The number of amidine groups is 1. The van der Waals surface area contributed by atoms with Crippen LogP contribution in [0.4, 0.5) is 0 Å². The third kappa shape index (κ3) is 3.34. The molecule has 0 aromatic rings. The molecule has 0 heterocycles. The third-order valence-electron chi connectivity index (χ3n) is 0.323. The molecule has 0 atom stereocenters. The lowest BCUT2D eigenvalue weighted by molar-refractivity contribution is 1.42. The first-order chi connectivity index (χ1) is 2.77. The van der Waals surface area contributed by atoms with Crippen LogP contribution in [0.2, 0.25) is 0 Å². The molecule has 0 amide bonds. The van der Waals surface area contributed by atoms with Crippen LogP contribution < -0.4 is 0 Å². The van der Waals surface area contributed by atoms with E-state index in [0.717, 1.165) is 0 Å². The molecule has 0 unspecified atom stereocenters. The van der Waals surface area contributed by atoms with Crippen LogP contribution in [0.1, 0.15) is 13.8 Å². The Balaban J connectivity index is 3.30. The molecule has 0 aromatic heterocycles. The lowest BCUT2D eigenvalue weighted by atomic mass is 10.7. The van der Waals surface area contributed by atoms with Gasteiger partial charge in [-0.05, 0) is 13.8 Å². The van der Waals surface area contributed by atoms with Gasteiger partial charge in [-0.1, -0.05) is 0 Å². The average molecular weight is 84.1 g/mol. The number of nitrogens with one attached hydrogen (secondary N) is 1. The van der Waals surface area contributed by atoms with Gasteiger partial charge in [0.2, 0.25) is 0 Å². The quantitative estimate of drug-likeness (QED) is 0.337. The molecule has 0 saturated heterocycles. The van der Waals surface area contributed by atoms with E-state index in [2.05, 4.69) is 4.99 Å². The second-order valence-electron chi connectivity index (χ2n) is 0.973. The Bertz CT molecular complexity index is 73.6. The van der Waals surface area contributed by atoms with Gasteiger partial charge in [0, 0.05) is 6.21 Å². The lowest BCUT2D eigenvalue weighted by Gasteiger charge is -1.74. The number of hydrogen-bond acceptors (Lipinski definition) is 1. The van der Waals surface area contributed by atoms with Gasteiger partial charge in [-0.15, -0.1) is 0 Å². The van der Waals surface area contributed by atoms with Crippen molar-refractivity contribution in [3.05, 3.63) is 0 Å². The fourth-order valence-electron chi connectivity index (χ4n) is 0.194. The summed E-state index contributed by atoms with van der Waals surface area (Å²) in [4.78, 5) is 3.58. The molecule has 2 nitrogen and oxygen atoms in total. The SMILES string of the molecule is CC=NC(C)=N. The molecule has 0 radical (unpaired) electrons. The van der Waals surface area contributed by atoms with Gasteiger partial charge < -0.3 is 0 Å². The first kappa shape index (κ1) is 5.34. The van der Waals surface area contributed by atoms with Crippen molar-refractivity contribution in [3.8, 4) is 0 Å². The molecular formula is C4H8N2. The van der Waals surface area contributed by atoms with Crippen molar-refractivity contribution in [1.82, 2.24) is 0 Å². The van der Waals surface area contributed by atoms with Crippen LogP contribution >= 0.6 is 0 Å². The van der Waals surface area contributed by atoms with Gasteiger partial charge in [0.05, 0.1) is 0 Å². The van der Waals surface area contributed by atoms with Crippen LogP contribution in [0.5, 0.6) is 0 Å². The largest absolute Gasteiger partial charge is 0.287 e. The maximum Gasteiger partial charge on any atom is 0.116 e. The second-order valence-corrected chi connectivity index (χ2v) is 0.973. The lowest BCUT2D eigenvalue weighted by Crippen LogP contribution is -1.77. The van der Waals surface area contributed by atoms with E-state index < -0.39 is 0 Å². The van der Waals surface area contributed by atoms with E-state index in [-0.39, 0.29) is 0 Å². The summed E-state index contributed by atoms with van der Waals surface area (Å²) in [5.74, 6) is 0.359. The average Bonchev–Trinajstić information content (AvgIpc) is 1.35. The molecule has 0 aliphatic heterocycles. The van der Waals surface area contributed by atoms with E-state index in [0.29, 0.717) is 5.84 Å². The maximum atomic E-state index is 6.70. The smallest absolute Gasteiger partial charge is 0.116 e. The minimum absolute atomic E-state index is 0.359. The van der Waals surface area contributed by atoms with Crippen molar-refractivity contribution in [3.63, 3.8) is 0 Å². The molecule has 0 aromatic carbocycles. The van der Waals surface area contributed by atoms with Gasteiger partial charge in [0.15, 0.2) is 0 Å². The van der Waals surface area contributed by atoms with E-state index in [1.807, 2.05) is 0 Å². The number of nitrogens with zero attached hydrogens (tertiary/aromatic N) is 1. The zero-order valence-electron chi connectivity index (χ0n) is 4.02. The van der Waals surface area contributed by atoms with Crippen molar-refractivity contribution < 1.29 is 0 Å². The summed E-state index contributed by atoms with van der Waals surface area (Å²) in [5, 5.41) is 6.70. The highest BCUT2D eigenvalue weighted by Crippen LogP contribution is 1.65. The minimum Gasteiger partial charge on any atom is -0.287 e. The molecule has 0 fully saturated rings. The first-order valence-electron chi connectivity index (χ1n) is 1.81. The fourth-order valence-corrected chi connectivity index (χ4v) is 0.194. The first-order valence-corrected chi connectivity index (χ1v) is 1.81. The number of rotatable bonds is 0. The Morgan fingerprint density at radius 1 is 1.83 bits per heavy atom. The van der Waals surface area contributed by atoms with Crippen LogP contribution in [-0.2, 0) is 0 Å². The Labute approximate surface area is 37.4 Å². The highest BCUT2D eigenvalue weighted by molar-refractivity contribution is 5.84. The highest BCUT2D eigenvalue weighted by atomic mass is 14.8. The maximum absolute atomic E-state index is 6.70. The van der Waals surface area contributed by atoms with Gasteiger partial charge in [-0.25, -0.2) is 4.99 Å². The number of aliphatic imine (C=N–C) groups is 1. The summed E-state index contributed by atoms with van der Waals surface area (Å²) in [5.41, 5.74) is 0. The molecule has 0 aliphatic rings. The van der Waals surface area contributed by atoms with Gasteiger partial charge in [0.25, 0.3) is 0 Å². The Morgan fingerprint density at radius 2 is 2.33 bits per heavy atom. The van der Waals surface area contributed by atoms with Gasteiger partial charge in [-0.2, -0.15) is 0 Å². The summed E-state index contributed by atoms with van der Waals surface area (Å²) in [7, 11) is 0. The molecule has 0 aliphatic carbocycles. The molecule has 1 N–H and O–H groups in total. The third-order valence-corrected chi connectivity index (χ3v) is 0.323. The second kappa shape index (κ2) is 2.57. The zero-order chi connectivity index (χ0) is 4.99. The van der Waals surface area contributed by atoms with Crippen LogP contribution in [0.15, 0.2) is 4.99 Å². The molecule has 0 saturated carbocycles. The van der Waals surface area contributed by atoms with Crippen LogP contribution in [-0.4, -0.2) is 12.1 Å². The predicted octanol–water partition coefficient (Wildman–Crippen LogP) is 1.07. The van der Waals surface area contributed by atoms with Crippen molar-refractivity contribution in [2.45, 2.75) is 13.8 Å². The van der Waals surface area contributed by atoms with Gasteiger partial charge in [-0.3, -0.25) is 5.41 Å². The normalized spacial score (nSPS) is 9.67. The topological polar surface area (TPSA) is 36.2 Å². The van der Waals surface area contributed by atoms with Crippen LogP contribution in [0.3, 0.4) is 0 Å². The summed E-state index contributed by atoms with van der Waals surface area (Å²) >= 11 is 0. The molecule has 0 spiro atoms. The van der Waals surface area contributed by atoms with Gasteiger partial charge >= 0.3 is 0 Å². The van der Waals surface area contributed by atoms with Crippen LogP contribution in [0.25, 0.3) is 0 Å². The molecule has 0 bridgehead atoms. The summed E-state index contributed by atoms with van der Waals surface area (Å²) in [6.07, 6.45) is 1.60. The predicted molar refractivity (Wildman–Crippen MR) is 27.6 cm³/mol. The Kier molecular flexibility index (Phi) is 2.29. The molecule has 2 heteroatoms. The summed E-state index contributed by atoms with van der Waals surface area (Å²) in [6, 6.07) is 0. The molecule has 6 heavy (non-hydrogen) atoms. The van der Waals surface area contributed by atoms with Crippen molar-refractivity contribution in [2.24, 2.45) is 4.99 Å². The Morgan fingerprint density at radius 3 is 2.33 bits per heavy atom. The minimum atomic E-state index is 0.359. The van der Waals surface area contributed by atoms with E-state index in [1.165, 1.54) is 0 Å². The number of hydrogen-bond donors (Lipinski definition) is 1. The Hall–Kier alpha value is -0.660. The molecule has 0 rings (SSSR count). The highest BCUT2D eigenvalue weighted by Gasteiger charge is 1.67. The van der Waals surface area contributed by atoms with E-state index in [4.69, 9.17) is 5.41 Å². The zero-order valence-corrected chi connectivity index (χ0v) is 4.02. The van der Waals surface area contributed by atoms with Crippen molar-refractivity contribution in [1.29, 1.82) is 5.41 Å². The van der Waals surface area contributed by atoms with Crippen LogP contribution in [0, 0.1) is 5.41 Å². The summed E-state index contributed by atoms with van der Waals surface area (Å²) in [6.45, 7) is 3.43.